The van der Waals surface area contributed by atoms with Crippen LogP contribution in [0, 0.1) is 0 Å². The van der Waals surface area contributed by atoms with Crippen LogP contribution in [-0.4, -0.2) is 19.5 Å². The molecule has 2 aromatic carbocycles. The molecule has 1 aliphatic rings. The van der Waals surface area contributed by atoms with Gasteiger partial charge in [-0.15, -0.1) is 0 Å². The standard InChI is InChI=1S/C20H19F2NO3/c1-20(2)16-9-8-14(26-19(21)22)10-15(16)17(23-20)11-18(24)12-4-6-13(25-3)7-5-12/h4-11,19,23H,1-3H3/b17-11-. The Morgan fingerprint density at radius 1 is 1.12 bits per heavy atom. The van der Waals surface area contributed by atoms with Gasteiger partial charge in [0, 0.05) is 22.9 Å². The van der Waals surface area contributed by atoms with Gasteiger partial charge in [0.25, 0.3) is 0 Å². The highest BCUT2D eigenvalue weighted by Crippen LogP contribution is 2.39. The molecule has 0 amide bonds. The van der Waals surface area contributed by atoms with Crippen molar-refractivity contribution in [2.45, 2.75) is 26.0 Å². The van der Waals surface area contributed by atoms with Gasteiger partial charge in [-0.25, -0.2) is 0 Å². The molecule has 0 bridgehead atoms. The molecule has 1 N–H and O–H groups in total. The lowest BCUT2D eigenvalue weighted by Gasteiger charge is -2.20. The van der Waals surface area contributed by atoms with Crippen LogP contribution in [0.1, 0.15) is 35.3 Å². The first-order chi connectivity index (χ1) is 12.3. The zero-order valence-electron chi connectivity index (χ0n) is 14.7. The maximum Gasteiger partial charge on any atom is 0.387 e. The smallest absolute Gasteiger partial charge is 0.387 e. The van der Waals surface area contributed by atoms with E-state index in [4.69, 9.17) is 4.74 Å². The summed E-state index contributed by atoms with van der Waals surface area (Å²) in [6, 6.07) is 11.5. The van der Waals surface area contributed by atoms with Crippen LogP contribution in [0.25, 0.3) is 5.70 Å². The largest absolute Gasteiger partial charge is 0.497 e. The summed E-state index contributed by atoms with van der Waals surface area (Å²) in [4.78, 5) is 12.6. The summed E-state index contributed by atoms with van der Waals surface area (Å²) in [6.45, 7) is 1.01. The fraction of sp³-hybridized carbons (Fsp3) is 0.250. The van der Waals surface area contributed by atoms with Gasteiger partial charge in [-0.05, 0) is 55.8 Å². The summed E-state index contributed by atoms with van der Waals surface area (Å²) in [5.41, 5.74) is 2.24. The number of methoxy groups -OCH3 is 1. The number of halogens is 2. The normalized spacial score (nSPS) is 16.3. The molecular weight excluding hydrogens is 340 g/mol. The van der Waals surface area contributed by atoms with Crippen molar-refractivity contribution < 1.29 is 23.0 Å². The van der Waals surface area contributed by atoms with Gasteiger partial charge in [0.15, 0.2) is 5.78 Å². The van der Waals surface area contributed by atoms with Crippen molar-refractivity contribution in [3.63, 3.8) is 0 Å². The SMILES string of the molecule is COc1ccc(C(=O)/C=C2\NC(C)(C)c3ccc(OC(F)F)cc32)cc1. The maximum absolute atomic E-state index is 12.6. The predicted octanol–water partition coefficient (Wildman–Crippen LogP) is 4.36. The van der Waals surface area contributed by atoms with E-state index < -0.39 is 12.2 Å². The number of rotatable bonds is 5. The third kappa shape index (κ3) is 3.54. The summed E-state index contributed by atoms with van der Waals surface area (Å²) in [6.07, 6.45) is 1.47. The number of carbonyl (C=O) groups excluding carboxylic acids is 1. The van der Waals surface area contributed by atoms with Gasteiger partial charge in [0.05, 0.1) is 12.6 Å². The Morgan fingerprint density at radius 3 is 2.38 bits per heavy atom. The molecule has 1 heterocycles. The van der Waals surface area contributed by atoms with Crippen LogP contribution in [0.2, 0.25) is 0 Å². The first-order valence-electron chi connectivity index (χ1n) is 8.08. The topological polar surface area (TPSA) is 47.6 Å². The number of fused-ring (bicyclic) bond motifs is 1. The number of alkyl halides is 2. The monoisotopic (exact) mass is 359 g/mol. The molecule has 26 heavy (non-hydrogen) atoms. The molecule has 0 aliphatic carbocycles. The van der Waals surface area contributed by atoms with E-state index in [0.29, 0.717) is 22.6 Å². The van der Waals surface area contributed by atoms with Crippen molar-refractivity contribution in [1.29, 1.82) is 0 Å². The Balaban J connectivity index is 1.95. The second-order valence-electron chi connectivity index (χ2n) is 6.49. The number of hydrogen-bond donors (Lipinski definition) is 1. The summed E-state index contributed by atoms with van der Waals surface area (Å²) in [5.74, 6) is 0.522. The quantitative estimate of drug-likeness (QED) is 0.637. The van der Waals surface area contributed by atoms with Crippen LogP contribution >= 0.6 is 0 Å². The van der Waals surface area contributed by atoms with Gasteiger partial charge < -0.3 is 14.8 Å². The van der Waals surface area contributed by atoms with Crippen LogP contribution in [0.5, 0.6) is 11.5 Å². The lowest BCUT2D eigenvalue weighted by Crippen LogP contribution is -2.28. The van der Waals surface area contributed by atoms with Crippen molar-refractivity contribution >= 4 is 11.5 Å². The molecule has 1 aliphatic heterocycles. The molecule has 0 saturated carbocycles. The summed E-state index contributed by atoms with van der Waals surface area (Å²) >= 11 is 0. The van der Waals surface area contributed by atoms with Crippen LogP contribution < -0.4 is 14.8 Å². The zero-order valence-corrected chi connectivity index (χ0v) is 14.7. The minimum absolute atomic E-state index is 0.0565. The van der Waals surface area contributed by atoms with E-state index in [2.05, 4.69) is 10.1 Å². The lowest BCUT2D eigenvalue weighted by atomic mass is 9.94. The molecule has 4 nitrogen and oxygen atoms in total. The molecule has 2 aromatic rings. The molecular formula is C20H19F2NO3. The Labute approximate surface area is 150 Å². The van der Waals surface area contributed by atoms with Crippen LogP contribution in [0.4, 0.5) is 8.78 Å². The molecule has 0 atom stereocenters. The number of ether oxygens (including phenoxy) is 2. The number of ketones is 1. The average Bonchev–Trinajstić information content (AvgIpc) is 2.84. The maximum atomic E-state index is 12.6. The molecule has 0 saturated heterocycles. The first-order valence-corrected chi connectivity index (χ1v) is 8.08. The highest BCUT2D eigenvalue weighted by Gasteiger charge is 2.33. The Morgan fingerprint density at radius 2 is 1.77 bits per heavy atom. The second kappa shape index (κ2) is 6.78. The molecule has 0 aromatic heterocycles. The molecule has 3 rings (SSSR count). The van der Waals surface area contributed by atoms with E-state index in [9.17, 15) is 13.6 Å². The molecule has 136 valence electrons. The van der Waals surface area contributed by atoms with Crippen molar-refractivity contribution in [3.8, 4) is 11.5 Å². The number of nitrogens with one attached hydrogen (secondary N) is 1. The van der Waals surface area contributed by atoms with Crippen LogP contribution in [-0.2, 0) is 5.54 Å². The number of allylic oxidation sites excluding steroid dienone is 1. The lowest BCUT2D eigenvalue weighted by molar-refractivity contribution is -0.0498. The highest BCUT2D eigenvalue weighted by molar-refractivity contribution is 6.09. The Bertz CT molecular complexity index is 858. The average molecular weight is 359 g/mol. The molecule has 0 spiro atoms. The molecule has 0 unspecified atom stereocenters. The van der Waals surface area contributed by atoms with E-state index in [1.165, 1.54) is 18.2 Å². The van der Waals surface area contributed by atoms with E-state index in [1.807, 2.05) is 13.8 Å². The molecule has 0 fully saturated rings. The first kappa shape index (κ1) is 17.9. The van der Waals surface area contributed by atoms with Gasteiger partial charge in [0.1, 0.15) is 11.5 Å². The third-order valence-electron chi connectivity index (χ3n) is 4.28. The van der Waals surface area contributed by atoms with Crippen LogP contribution in [0.3, 0.4) is 0 Å². The summed E-state index contributed by atoms with van der Waals surface area (Å²) < 4.78 is 34.6. The fourth-order valence-corrected chi connectivity index (χ4v) is 3.02. The number of hydrogen-bond acceptors (Lipinski definition) is 4. The third-order valence-corrected chi connectivity index (χ3v) is 4.28. The van der Waals surface area contributed by atoms with E-state index in [0.717, 1.165) is 5.56 Å². The van der Waals surface area contributed by atoms with E-state index >= 15 is 0 Å². The fourth-order valence-electron chi connectivity index (χ4n) is 3.02. The van der Waals surface area contributed by atoms with Gasteiger partial charge in [-0.3, -0.25) is 4.79 Å². The summed E-state index contributed by atoms with van der Waals surface area (Å²) in [5, 5.41) is 3.27. The van der Waals surface area contributed by atoms with Crippen LogP contribution in [0.15, 0.2) is 48.5 Å². The van der Waals surface area contributed by atoms with Gasteiger partial charge in [-0.1, -0.05) is 6.07 Å². The summed E-state index contributed by atoms with van der Waals surface area (Å²) in [7, 11) is 1.55. The number of benzene rings is 2. The van der Waals surface area contributed by atoms with Gasteiger partial charge >= 0.3 is 6.61 Å². The van der Waals surface area contributed by atoms with Crippen molar-refractivity contribution in [1.82, 2.24) is 5.32 Å². The van der Waals surface area contributed by atoms with Crippen molar-refractivity contribution in [3.05, 3.63) is 65.2 Å². The molecule has 0 radical (unpaired) electrons. The Hall–Kier alpha value is -2.89. The predicted molar refractivity (Wildman–Crippen MR) is 94.5 cm³/mol. The van der Waals surface area contributed by atoms with E-state index in [-0.39, 0.29) is 11.5 Å². The number of carbonyl (C=O) groups is 1. The highest BCUT2D eigenvalue weighted by atomic mass is 19.3. The minimum Gasteiger partial charge on any atom is -0.497 e. The van der Waals surface area contributed by atoms with Gasteiger partial charge in [-0.2, -0.15) is 8.78 Å². The van der Waals surface area contributed by atoms with Crippen molar-refractivity contribution in [2.75, 3.05) is 7.11 Å². The molecule has 6 heteroatoms. The second-order valence-corrected chi connectivity index (χ2v) is 6.49. The zero-order chi connectivity index (χ0) is 18.9. The van der Waals surface area contributed by atoms with Gasteiger partial charge in [0.2, 0.25) is 0 Å². The van der Waals surface area contributed by atoms with E-state index in [1.54, 1.807) is 37.4 Å². The Kier molecular flexibility index (Phi) is 4.68. The van der Waals surface area contributed by atoms with Crippen molar-refractivity contribution in [2.24, 2.45) is 0 Å². The minimum atomic E-state index is -2.90.